The Balaban J connectivity index is 1.36. The average molecular weight is 555 g/mol. The number of halogens is 1. The fourth-order valence-electron chi connectivity index (χ4n) is 5.41. The van der Waals surface area contributed by atoms with Crippen molar-refractivity contribution in [2.24, 2.45) is 0 Å². The van der Waals surface area contributed by atoms with Gasteiger partial charge >= 0.3 is 5.97 Å². The van der Waals surface area contributed by atoms with Crippen molar-refractivity contribution in [3.05, 3.63) is 76.7 Å². The Labute approximate surface area is 239 Å². The first-order chi connectivity index (χ1) is 20.0. The number of carbonyl (C=O) groups excluding carboxylic acids is 1. The van der Waals surface area contributed by atoms with Crippen molar-refractivity contribution in [2.45, 2.75) is 57.2 Å². The smallest absolute Gasteiger partial charge is 0.307 e. The van der Waals surface area contributed by atoms with Crippen LogP contribution in [0.3, 0.4) is 0 Å². The summed E-state index contributed by atoms with van der Waals surface area (Å²) in [5.74, 6) is 5.89. The van der Waals surface area contributed by atoms with Crippen molar-refractivity contribution in [1.29, 1.82) is 5.26 Å². The summed E-state index contributed by atoms with van der Waals surface area (Å²) in [5, 5.41) is 9.80. The summed E-state index contributed by atoms with van der Waals surface area (Å²) in [6, 6.07) is 14.5. The van der Waals surface area contributed by atoms with Gasteiger partial charge in [-0.15, -0.1) is 5.92 Å². The third-order valence-corrected chi connectivity index (χ3v) is 7.49. The summed E-state index contributed by atoms with van der Waals surface area (Å²) < 4.78 is 37.6. The van der Waals surface area contributed by atoms with Gasteiger partial charge in [0.05, 0.1) is 32.7 Å². The fraction of sp³-hybridized carbons (Fsp3) is 0.364. The van der Waals surface area contributed by atoms with Crippen molar-refractivity contribution in [2.75, 3.05) is 20.3 Å². The van der Waals surface area contributed by atoms with Crippen molar-refractivity contribution < 1.29 is 28.1 Å². The molecular formula is C33H31FN2O5. The molecule has 0 saturated carbocycles. The van der Waals surface area contributed by atoms with Gasteiger partial charge in [0.1, 0.15) is 35.4 Å². The van der Waals surface area contributed by atoms with Crippen LogP contribution in [0, 0.1) is 29.0 Å². The number of rotatable bonds is 8. The molecule has 0 unspecified atom stereocenters. The molecule has 5 rings (SSSR count). The van der Waals surface area contributed by atoms with Crippen LogP contribution in [0.15, 0.2) is 48.7 Å². The zero-order valence-electron chi connectivity index (χ0n) is 23.1. The molecule has 8 heteroatoms. The largest absolute Gasteiger partial charge is 0.486 e. The lowest BCUT2D eigenvalue weighted by molar-refractivity contribution is -0.140. The van der Waals surface area contributed by atoms with Gasteiger partial charge in [0.15, 0.2) is 0 Å². The third kappa shape index (κ3) is 6.34. The lowest BCUT2D eigenvalue weighted by Crippen LogP contribution is -2.26. The highest BCUT2D eigenvalue weighted by Gasteiger charge is 2.31. The van der Waals surface area contributed by atoms with Gasteiger partial charge in [0.2, 0.25) is 5.88 Å². The van der Waals surface area contributed by atoms with Crippen molar-refractivity contribution in [3.8, 4) is 40.7 Å². The van der Waals surface area contributed by atoms with Crippen LogP contribution in [0.25, 0.3) is 11.1 Å². The predicted octanol–water partition coefficient (Wildman–Crippen LogP) is 6.05. The lowest BCUT2D eigenvalue weighted by Gasteiger charge is -2.23. The number of carbonyl (C=O) groups is 1. The third-order valence-electron chi connectivity index (χ3n) is 7.49. The van der Waals surface area contributed by atoms with E-state index in [-0.39, 0.29) is 30.2 Å². The van der Waals surface area contributed by atoms with Gasteiger partial charge in [-0.25, -0.2) is 9.37 Å². The number of hydrogen-bond donors (Lipinski definition) is 0. The van der Waals surface area contributed by atoms with E-state index in [1.165, 1.54) is 13.2 Å². The van der Waals surface area contributed by atoms with E-state index in [2.05, 4.69) is 22.9 Å². The molecule has 1 aliphatic heterocycles. The molecule has 0 bridgehead atoms. The molecule has 41 heavy (non-hydrogen) atoms. The van der Waals surface area contributed by atoms with Crippen molar-refractivity contribution in [3.63, 3.8) is 0 Å². The second-order valence-electron chi connectivity index (χ2n) is 10.0. The van der Waals surface area contributed by atoms with Crippen LogP contribution < -0.4 is 9.47 Å². The van der Waals surface area contributed by atoms with E-state index in [4.69, 9.17) is 18.9 Å². The maximum absolute atomic E-state index is 15.2. The Bertz CT molecular complexity index is 1510. The molecule has 1 aliphatic carbocycles. The fourth-order valence-corrected chi connectivity index (χ4v) is 5.41. The molecule has 2 heterocycles. The average Bonchev–Trinajstić information content (AvgIpc) is 3.42. The number of methoxy groups -OCH3 is 1. The van der Waals surface area contributed by atoms with Crippen LogP contribution in [0.4, 0.5) is 4.39 Å². The number of ether oxygens (including phenoxy) is 4. The number of aromatic nitrogens is 1. The number of benzene rings is 2. The zero-order chi connectivity index (χ0) is 28.8. The zero-order valence-corrected chi connectivity index (χ0v) is 23.1. The van der Waals surface area contributed by atoms with E-state index in [1.807, 2.05) is 24.3 Å². The maximum atomic E-state index is 15.2. The quantitative estimate of drug-likeness (QED) is 0.247. The molecule has 7 nitrogen and oxygen atoms in total. The van der Waals surface area contributed by atoms with Crippen LogP contribution in [0.2, 0.25) is 0 Å². The second kappa shape index (κ2) is 12.8. The molecule has 210 valence electrons. The SMILES string of the molecule is CC#C[C@@H](CC(=O)OC)c1ccc(O[C@@H]2CCc3c(-c4cnc(OC5CCOCC5)c(C#N)c4)ccc(F)c32)cc1. The summed E-state index contributed by atoms with van der Waals surface area (Å²) in [5.41, 5.74) is 4.16. The van der Waals surface area contributed by atoms with Crippen molar-refractivity contribution in [1.82, 2.24) is 4.98 Å². The van der Waals surface area contributed by atoms with Gasteiger partial charge in [-0.2, -0.15) is 5.26 Å². The molecule has 0 N–H and O–H groups in total. The molecule has 2 aromatic carbocycles. The molecule has 0 spiro atoms. The Morgan fingerprint density at radius 1 is 1.15 bits per heavy atom. The van der Waals surface area contributed by atoms with Crippen molar-refractivity contribution >= 4 is 5.97 Å². The van der Waals surface area contributed by atoms with E-state index >= 15 is 4.39 Å². The number of pyridine rings is 1. The van der Waals surface area contributed by atoms with Crippen LogP contribution in [0.1, 0.15) is 66.9 Å². The lowest BCUT2D eigenvalue weighted by atomic mass is 9.96. The maximum Gasteiger partial charge on any atom is 0.307 e. The normalized spacial score (nSPS) is 17.0. The Morgan fingerprint density at radius 2 is 1.93 bits per heavy atom. The summed E-state index contributed by atoms with van der Waals surface area (Å²) >= 11 is 0. The number of esters is 1. The Hall–Kier alpha value is -4.40. The number of nitriles is 1. The molecule has 1 saturated heterocycles. The number of hydrogen-bond acceptors (Lipinski definition) is 7. The molecular weight excluding hydrogens is 523 g/mol. The van der Waals surface area contributed by atoms with Crippen LogP contribution >= 0.6 is 0 Å². The molecule has 0 radical (unpaired) electrons. The van der Waals surface area contributed by atoms with Gasteiger partial charge < -0.3 is 18.9 Å². The Morgan fingerprint density at radius 3 is 2.63 bits per heavy atom. The van der Waals surface area contributed by atoms with Gasteiger partial charge in [-0.3, -0.25) is 4.79 Å². The first-order valence-electron chi connectivity index (χ1n) is 13.7. The Kier molecular flexibility index (Phi) is 8.82. The van der Waals surface area contributed by atoms with E-state index in [0.717, 1.165) is 35.1 Å². The minimum Gasteiger partial charge on any atom is -0.486 e. The van der Waals surface area contributed by atoms with Gasteiger partial charge in [-0.05, 0) is 60.7 Å². The van der Waals surface area contributed by atoms with E-state index in [9.17, 15) is 10.1 Å². The first-order valence-corrected chi connectivity index (χ1v) is 13.7. The molecule has 2 aliphatic rings. The van der Waals surface area contributed by atoms with Gasteiger partial charge in [0, 0.05) is 30.2 Å². The van der Waals surface area contributed by atoms with Gasteiger partial charge in [0.25, 0.3) is 0 Å². The number of nitrogens with zero attached hydrogens (tertiary/aromatic N) is 2. The molecule has 2 atom stereocenters. The molecule has 3 aromatic rings. The molecule has 0 amide bonds. The minimum absolute atomic E-state index is 0.0328. The highest BCUT2D eigenvalue weighted by atomic mass is 19.1. The second-order valence-corrected chi connectivity index (χ2v) is 10.0. The van der Waals surface area contributed by atoms with Crippen LogP contribution in [0.5, 0.6) is 11.6 Å². The monoisotopic (exact) mass is 554 g/mol. The highest BCUT2D eigenvalue weighted by molar-refractivity contribution is 5.72. The molecule has 1 aromatic heterocycles. The predicted molar refractivity (Wildman–Crippen MR) is 150 cm³/mol. The van der Waals surface area contributed by atoms with E-state index in [0.29, 0.717) is 48.8 Å². The summed E-state index contributed by atoms with van der Waals surface area (Å²) in [4.78, 5) is 16.3. The van der Waals surface area contributed by atoms with Crippen LogP contribution in [-0.2, 0) is 20.7 Å². The van der Waals surface area contributed by atoms with E-state index in [1.54, 1.807) is 25.3 Å². The van der Waals surface area contributed by atoms with Crippen LogP contribution in [-0.4, -0.2) is 37.4 Å². The topological polar surface area (TPSA) is 90.7 Å². The van der Waals surface area contributed by atoms with Gasteiger partial charge in [-0.1, -0.05) is 24.1 Å². The van der Waals surface area contributed by atoms with E-state index < -0.39 is 6.10 Å². The highest BCUT2D eigenvalue weighted by Crippen LogP contribution is 2.42. The summed E-state index contributed by atoms with van der Waals surface area (Å²) in [7, 11) is 1.36. The number of fused-ring (bicyclic) bond motifs is 1. The minimum atomic E-state index is -0.461. The summed E-state index contributed by atoms with van der Waals surface area (Å²) in [6.45, 7) is 2.99. The first kappa shape index (κ1) is 28.1. The summed E-state index contributed by atoms with van der Waals surface area (Å²) in [6.07, 6.45) is 4.09. The molecule has 1 fully saturated rings. The standard InChI is InChI=1S/C33H31FN2O5/c1-3-4-22(18-31(37)38-2)21-5-7-25(8-6-21)40-30-12-10-28-27(9-11-29(34)32(28)30)24-17-23(19-35)33(36-20-24)41-26-13-15-39-16-14-26/h5-9,11,17,20,22,26,30H,10,12-16,18H2,1-2H3/t22-,30+/m0/s1.